The van der Waals surface area contributed by atoms with Gasteiger partial charge in [0.2, 0.25) is 0 Å². The van der Waals surface area contributed by atoms with Crippen molar-refractivity contribution in [2.24, 2.45) is 11.7 Å². The van der Waals surface area contributed by atoms with E-state index in [0.717, 1.165) is 5.92 Å². The van der Waals surface area contributed by atoms with Gasteiger partial charge in [-0.15, -0.1) is 0 Å². The van der Waals surface area contributed by atoms with E-state index < -0.39 is 0 Å². The molecule has 13 heavy (non-hydrogen) atoms. The highest BCUT2D eigenvalue weighted by Gasteiger charge is 2.05. The maximum Gasteiger partial charge on any atom is 0.00387 e. The van der Waals surface area contributed by atoms with Crippen molar-refractivity contribution >= 4 is 0 Å². The van der Waals surface area contributed by atoms with Crippen LogP contribution in [-0.4, -0.2) is 6.04 Å². The van der Waals surface area contributed by atoms with Crippen molar-refractivity contribution < 1.29 is 0 Å². The van der Waals surface area contributed by atoms with Crippen molar-refractivity contribution in [3.63, 3.8) is 0 Å². The normalized spacial score (nSPS) is 13.6. The van der Waals surface area contributed by atoms with Gasteiger partial charge >= 0.3 is 0 Å². The fourth-order valence-electron chi connectivity index (χ4n) is 1.88. The van der Waals surface area contributed by atoms with Gasteiger partial charge < -0.3 is 5.73 Å². The van der Waals surface area contributed by atoms with Gasteiger partial charge in [-0.2, -0.15) is 0 Å². The lowest BCUT2D eigenvalue weighted by molar-refractivity contribution is 0.414. The molecule has 0 aliphatic heterocycles. The zero-order valence-electron chi connectivity index (χ0n) is 9.68. The molecule has 0 amide bonds. The van der Waals surface area contributed by atoms with Crippen LogP contribution >= 0.6 is 0 Å². The Bertz CT molecular complexity index is 97.3. The molecule has 0 aliphatic rings. The lowest BCUT2D eigenvalue weighted by Gasteiger charge is -2.14. The molecular weight excluding hydrogens is 158 g/mol. The van der Waals surface area contributed by atoms with Crippen LogP contribution < -0.4 is 5.73 Å². The quantitative estimate of drug-likeness (QED) is 0.613. The van der Waals surface area contributed by atoms with Gasteiger partial charge in [0.25, 0.3) is 0 Å². The molecular formula is C12H27N. The predicted molar refractivity (Wildman–Crippen MR) is 60.8 cm³/mol. The summed E-state index contributed by atoms with van der Waals surface area (Å²) in [5.74, 6) is 0.939. The molecule has 1 heteroatoms. The third kappa shape index (κ3) is 7.06. The Morgan fingerprint density at radius 2 is 1.54 bits per heavy atom. The molecule has 0 bridgehead atoms. The molecule has 0 aromatic heterocycles. The molecule has 1 unspecified atom stereocenters. The van der Waals surface area contributed by atoms with Crippen LogP contribution in [0.5, 0.6) is 0 Å². The second-order valence-corrected chi connectivity index (χ2v) is 4.16. The van der Waals surface area contributed by atoms with E-state index in [0.29, 0.717) is 6.04 Å². The Hall–Kier alpha value is -0.0400. The Morgan fingerprint density at radius 3 is 2.00 bits per heavy atom. The summed E-state index contributed by atoms with van der Waals surface area (Å²) < 4.78 is 0. The molecule has 0 rings (SSSR count). The van der Waals surface area contributed by atoms with E-state index >= 15 is 0 Å². The molecule has 1 nitrogen and oxygen atoms in total. The monoisotopic (exact) mass is 185 g/mol. The fraction of sp³-hybridized carbons (Fsp3) is 1.00. The average molecular weight is 185 g/mol. The van der Waals surface area contributed by atoms with Crippen molar-refractivity contribution in [2.75, 3.05) is 0 Å². The molecule has 0 radical (unpaired) electrons. The Morgan fingerprint density at radius 1 is 0.923 bits per heavy atom. The van der Waals surface area contributed by atoms with Gasteiger partial charge in [-0.25, -0.2) is 0 Å². The van der Waals surface area contributed by atoms with Crippen molar-refractivity contribution in [3.8, 4) is 0 Å². The van der Waals surface area contributed by atoms with Crippen LogP contribution in [-0.2, 0) is 0 Å². The summed E-state index contributed by atoms with van der Waals surface area (Å²) in [4.78, 5) is 0. The highest BCUT2D eigenvalue weighted by Crippen LogP contribution is 2.16. The van der Waals surface area contributed by atoms with Gasteiger partial charge in [-0.05, 0) is 18.8 Å². The van der Waals surface area contributed by atoms with Gasteiger partial charge in [0.1, 0.15) is 0 Å². The SMILES string of the molecule is CCCC(N)CCCC(CC)CC. The lowest BCUT2D eigenvalue weighted by Crippen LogP contribution is -2.19. The van der Waals surface area contributed by atoms with Crippen molar-refractivity contribution in [2.45, 2.75) is 71.8 Å². The topological polar surface area (TPSA) is 26.0 Å². The first kappa shape index (κ1) is 13.0. The maximum atomic E-state index is 5.95. The van der Waals surface area contributed by atoms with Gasteiger partial charge in [-0.1, -0.05) is 52.9 Å². The molecule has 1 atom stereocenters. The first-order valence-electron chi connectivity index (χ1n) is 6.00. The van der Waals surface area contributed by atoms with Crippen LogP contribution in [0.1, 0.15) is 65.7 Å². The van der Waals surface area contributed by atoms with E-state index in [4.69, 9.17) is 5.73 Å². The van der Waals surface area contributed by atoms with E-state index in [1.165, 1.54) is 44.9 Å². The molecule has 0 heterocycles. The smallest absolute Gasteiger partial charge is 0.00387 e. The van der Waals surface area contributed by atoms with Crippen LogP contribution in [0.4, 0.5) is 0 Å². The molecule has 0 aromatic carbocycles. The van der Waals surface area contributed by atoms with Crippen LogP contribution in [0.2, 0.25) is 0 Å². The third-order valence-electron chi connectivity index (χ3n) is 3.00. The van der Waals surface area contributed by atoms with Crippen LogP contribution in [0.25, 0.3) is 0 Å². The Kier molecular flexibility index (Phi) is 8.53. The number of rotatable bonds is 8. The summed E-state index contributed by atoms with van der Waals surface area (Å²) in [7, 11) is 0. The second-order valence-electron chi connectivity index (χ2n) is 4.16. The zero-order valence-corrected chi connectivity index (χ0v) is 9.68. The Labute approximate surface area is 84.1 Å². The average Bonchev–Trinajstić information content (AvgIpc) is 2.13. The largest absolute Gasteiger partial charge is 0.328 e. The van der Waals surface area contributed by atoms with E-state index in [-0.39, 0.29) is 0 Å². The molecule has 80 valence electrons. The van der Waals surface area contributed by atoms with E-state index in [2.05, 4.69) is 20.8 Å². The van der Waals surface area contributed by atoms with Crippen molar-refractivity contribution in [1.29, 1.82) is 0 Å². The zero-order chi connectivity index (χ0) is 10.1. The molecule has 0 aromatic rings. The van der Waals surface area contributed by atoms with E-state index in [9.17, 15) is 0 Å². The van der Waals surface area contributed by atoms with E-state index in [1.54, 1.807) is 0 Å². The summed E-state index contributed by atoms with van der Waals surface area (Å²) in [5.41, 5.74) is 5.95. The number of hydrogen-bond donors (Lipinski definition) is 1. The highest BCUT2D eigenvalue weighted by atomic mass is 14.6. The predicted octanol–water partition coefficient (Wildman–Crippen LogP) is 3.72. The van der Waals surface area contributed by atoms with Crippen LogP contribution in [0.3, 0.4) is 0 Å². The van der Waals surface area contributed by atoms with E-state index in [1.807, 2.05) is 0 Å². The summed E-state index contributed by atoms with van der Waals surface area (Å²) in [6, 6.07) is 0.458. The van der Waals surface area contributed by atoms with Gasteiger partial charge in [-0.3, -0.25) is 0 Å². The second kappa shape index (κ2) is 8.55. The van der Waals surface area contributed by atoms with Crippen LogP contribution in [0, 0.1) is 5.92 Å². The molecule has 0 aliphatic carbocycles. The summed E-state index contributed by atoms with van der Waals surface area (Å²) in [5, 5.41) is 0. The summed E-state index contributed by atoms with van der Waals surface area (Å²) in [6.45, 7) is 6.79. The van der Waals surface area contributed by atoms with Gasteiger partial charge in [0.15, 0.2) is 0 Å². The number of nitrogens with two attached hydrogens (primary N) is 1. The Balaban J connectivity index is 3.32. The standard InChI is InChI=1S/C12H27N/c1-4-8-12(13)10-7-9-11(5-2)6-3/h11-12H,4-10,13H2,1-3H3. The molecule has 0 saturated heterocycles. The minimum absolute atomic E-state index is 0.458. The lowest BCUT2D eigenvalue weighted by atomic mass is 9.95. The highest BCUT2D eigenvalue weighted by molar-refractivity contribution is 4.62. The molecule has 0 fully saturated rings. The first-order valence-corrected chi connectivity index (χ1v) is 6.00. The van der Waals surface area contributed by atoms with Crippen LogP contribution in [0.15, 0.2) is 0 Å². The number of hydrogen-bond acceptors (Lipinski definition) is 1. The molecule has 0 spiro atoms. The van der Waals surface area contributed by atoms with Crippen molar-refractivity contribution in [3.05, 3.63) is 0 Å². The fourth-order valence-corrected chi connectivity index (χ4v) is 1.88. The van der Waals surface area contributed by atoms with Gasteiger partial charge in [0.05, 0.1) is 0 Å². The van der Waals surface area contributed by atoms with Gasteiger partial charge in [0, 0.05) is 6.04 Å². The summed E-state index contributed by atoms with van der Waals surface area (Å²) >= 11 is 0. The minimum Gasteiger partial charge on any atom is -0.328 e. The first-order chi connectivity index (χ1) is 6.24. The maximum absolute atomic E-state index is 5.95. The third-order valence-corrected chi connectivity index (χ3v) is 3.00. The summed E-state index contributed by atoms with van der Waals surface area (Å²) in [6.07, 6.45) is 9.02. The molecule has 0 saturated carbocycles. The van der Waals surface area contributed by atoms with Crippen molar-refractivity contribution in [1.82, 2.24) is 0 Å². The minimum atomic E-state index is 0.458. The molecule has 2 N–H and O–H groups in total.